The average Bonchev–Trinajstić information content (AvgIpc) is 3.14. The summed E-state index contributed by atoms with van der Waals surface area (Å²) in [4.78, 5) is 22.1. The van der Waals surface area contributed by atoms with Crippen molar-refractivity contribution in [2.24, 2.45) is 0 Å². The van der Waals surface area contributed by atoms with Crippen LogP contribution >= 0.6 is 39.7 Å². The maximum Gasteiger partial charge on any atom is 0.233 e. The molecule has 0 bridgehead atoms. The number of methoxy groups -OCH3 is 1. The van der Waals surface area contributed by atoms with E-state index < -0.39 is 0 Å². The molecule has 0 fully saturated rings. The zero-order valence-corrected chi connectivity index (χ0v) is 20.6. The van der Waals surface area contributed by atoms with Crippen LogP contribution in [-0.4, -0.2) is 49.1 Å². The van der Waals surface area contributed by atoms with E-state index in [2.05, 4.69) is 34.7 Å². The number of nitrogens with zero attached hydrogens (tertiary/aromatic N) is 3. The van der Waals surface area contributed by atoms with Crippen LogP contribution in [0.4, 0.5) is 5.13 Å². The number of fused-ring (bicyclic) bond motifs is 1. The number of ether oxygens (including phenoxy) is 1. The van der Waals surface area contributed by atoms with Crippen LogP contribution in [0.5, 0.6) is 5.75 Å². The minimum absolute atomic E-state index is 0. The number of likely N-dealkylation sites (N-methyl/N-ethyl adjacent to an activating group) is 1. The standard InChI is InChI=1S/C22H26BrN3O2S.ClH/c1-4-25(5-2)12-13-26(21(27)14-16-6-9-18(28-3)10-7-16)22-24-19-11-8-17(23)15-20(19)29-22;/h6-11,15H,4-5,12-14H2,1-3H3;1H. The van der Waals surface area contributed by atoms with E-state index in [1.165, 1.54) is 0 Å². The van der Waals surface area contributed by atoms with E-state index >= 15 is 0 Å². The van der Waals surface area contributed by atoms with Crippen molar-refractivity contribution < 1.29 is 9.53 Å². The van der Waals surface area contributed by atoms with Gasteiger partial charge in [-0.2, -0.15) is 0 Å². The van der Waals surface area contributed by atoms with Crippen molar-refractivity contribution in [2.45, 2.75) is 20.3 Å². The van der Waals surface area contributed by atoms with Gasteiger partial charge in [0.15, 0.2) is 5.13 Å². The molecule has 8 heteroatoms. The Labute approximate surface area is 196 Å². The number of hydrogen-bond acceptors (Lipinski definition) is 5. The molecule has 0 aliphatic heterocycles. The summed E-state index contributed by atoms with van der Waals surface area (Å²) in [7, 11) is 1.64. The molecular formula is C22H27BrClN3O2S. The number of thiazole rings is 1. The molecule has 30 heavy (non-hydrogen) atoms. The quantitative estimate of drug-likeness (QED) is 0.385. The monoisotopic (exact) mass is 511 g/mol. The second-order valence-corrected chi connectivity index (χ2v) is 8.63. The zero-order valence-electron chi connectivity index (χ0n) is 17.4. The molecule has 1 amide bonds. The van der Waals surface area contributed by atoms with Crippen LogP contribution in [0.2, 0.25) is 0 Å². The summed E-state index contributed by atoms with van der Waals surface area (Å²) in [5.74, 6) is 0.844. The number of benzene rings is 2. The number of aromatic nitrogens is 1. The Kier molecular flexibility index (Phi) is 9.55. The summed E-state index contributed by atoms with van der Waals surface area (Å²) in [6, 6.07) is 13.7. The maximum absolute atomic E-state index is 13.2. The Morgan fingerprint density at radius 3 is 2.43 bits per heavy atom. The van der Waals surface area contributed by atoms with Gasteiger partial charge in [0.2, 0.25) is 5.91 Å². The SMILES string of the molecule is CCN(CC)CCN(C(=O)Cc1ccc(OC)cc1)c1nc2ccc(Br)cc2s1.Cl. The van der Waals surface area contributed by atoms with Crippen molar-refractivity contribution >= 4 is 60.9 Å². The number of hydrogen-bond donors (Lipinski definition) is 0. The fourth-order valence-corrected chi connectivity index (χ4v) is 4.68. The van der Waals surface area contributed by atoms with E-state index in [4.69, 9.17) is 9.72 Å². The fourth-order valence-electron chi connectivity index (χ4n) is 3.12. The van der Waals surface area contributed by atoms with Gasteiger partial charge < -0.3 is 9.64 Å². The second kappa shape index (κ2) is 11.6. The van der Waals surface area contributed by atoms with Crippen LogP contribution in [0.3, 0.4) is 0 Å². The Bertz CT molecular complexity index is 961. The van der Waals surface area contributed by atoms with Crippen LogP contribution in [0.1, 0.15) is 19.4 Å². The summed E-state index contributed by atoms with van der Waals surface area (Å²) in [5, 5.41) is 0.753. The summed E-state index contributed by atoms with van der Waals surface area (Å²) >= 11 is 5.07. The Morgan fingerprint density at radius 1 is 1.10 bits per heavy atom. The van der Waals surface area contributed by atoms with Gasteiger partial charge in [0.1, 0.15) is 5.75 Å². The third kappa shape index (κ3) is 6.17. The molecule has 0 saturated heterocycles. The van der Waals surface area contributed by atoms with E-state index in [9.17, 15) is 4.79 Å². The molecule has 1 heterocycles. The van der Waals surface area contributed by atoms with E-state index in [1.807, 2.05) is 47.4 Å². The topological polar surface area (TPSA) is 45.7 Å². The van der Waals surface area contributed by atoms with Crippen molar-refractivity contribution in [1.29, 1.82) is 0 Å². The first-order chi connectivity index (χ1) is 14.0. The lowest BCUT2D eigenvalue weighted by atomic mass is 10.1. The van der Waals surface area contributed by atoms with Gasteiger partial charge in [0.05, 0.1) is 23.7 Å². The molecular weight excluding hydrogens is 486 g/mol. The Hall–Kier alpha value is -1.67. The molecule has 0 aliphatic carbocycles. The van der Waals surface area contributed by atoms with Crippen molar-refractivity contribution in [2.75, 3.05) is 38.2 Å². The van der Waals surface area contributed by atoms with Gasteiger partial charge in [0.25, 0.3) is 0 Å². The van der Waals surface area contributed by atoms with Gasteiger partial charge in [-0.1, -0.05) is 53.2 Å². The molecule has 3 aromatic rings. The molecule has 0 atom stereocenters. The van der Waals surface area contributed by atoms with Gasteiger partial charge >= 0.3 is 0 Å². The lowest BCUT2D eigenvalue weighted by molar-refractivity contribution is -0.118. The second-order valence-electron chi connectivity index (χ2n) is 6.71. The normalized spacial score (nSPS) is 10.8. The first kappa shape index (κ1) is 24.6. The number of carbonyl (C=O) groups excluding carboxylic acids is 1. The predicted molar refractivity (Wildman–Crippen MR) is 131 cm³/mol. The highest BCUT2D eigenvalue weighted by Crippen LogP contribution is 2.31. The first-order valence-electron chi connectivity index (χ1n) is 9.75. The summed E-state index contributed by atoms with van der Waals surface area (Å²) in [6.45, 7) is 7.65. The number of halogens is 2. The summed E-state index contributed by atoms with van der Waals surface area (Å²) in [5.41, 5.74) is 1.88. The van der Waals surface area contributed by atoms with Crippen molar-refractivity contribution in [1.82, 2.24) is 9.88 Å². The van der Waals surface area contributed by atoms with E-state index in [0.29, 0.717) is 13.0 Å². The summed E-state index contributed by atoms with van der Waals surface area (Å²) < 4.78 is 7.29. The molecule has 0 spiro atoms. The van der Waals surface area contributed by atoms with E-state index in [0.717, 1.165) is 50.8 Å². The molecule has 0 radical (unpaired) electrons. The Balaban J connectivity index is 0.00000320. The maximum atomic E-state index is 13.2. The van der Waals surface area contributed by atoms with Gasteiger partial charge in [-0.05, 0) is 49.0 Å². The number of carbonyl (C=O) groups is 1. The smallest absolute Gasteiger partial charge is 0.233 e. The molecule has 1 aromatic heterocycles. The number of rotatable bonds is 9. The molecule has 0 aliphatic rings. The van der Waals surface area contributed by atoms with Gasteiger partial charge in [-0.15, -0.1) is 12.4 Å². The third-order valence-corrected chi connectivity index (χ3v) is 6.45. The van der Waals surface area contributed by atoms with Crippen LogP contribution in [-0.2, 0) is 11.2 Å². The average molecular weight is 513 g/mol. The fraction of sp³-hybridized carbons (Fsp3) is 0.364. The minimum atomic E-state index is 0. The minimum Gasteiger partial charge on any atom is -0.497 e. The van der Waals surface area contributed by atoms with Gasteiger partial charge in [-0.25, -0.2) is 4.98 Å². The molecule has 162 valence electrons. The van der Waals surface area contributed by atoms with Crippen LogP contribution in [0, 0.1) is 0 Å². The highest BCUT2D eigenvalue weighted by molar-refractivity contribution is 9.10. The highest BCUT2D eigenvalue weighted by atomic mass is 79.9. The van der Waals surface area contributed by atoms with Crippen molar-refractivity contribution in [3.63, 3.8) is 0 Å². The summed E-state index contributed by atoms with van der Waals surface area (Å²) in [6.07, 6.45) is 0.335. The van der Waals surface area contributed by atoms with Crippen molar-refractivity contribution in [3.8, 4) is 5.75 Å². The van der Waals surface area contributed by atoms with Gasteiger partial charge in [-0.3, -0.25) is 9.69 Å². The molecule has 0 saturated carbocycles. The van der Waals surface area contributed by atoms with E-state index in [-0.39, 0.29) is 18.3 Å². The molecule has 0 N–H and O–H groups in total. The van der Waals surface area contributed by atoms with Crippen LogP contribution < -0.4 is 9.64 Å². The first-order valence-corrected chi connectivity index (χ1v) is 11.4. The van der Waals surface area contributed by atoms with Gasteiger partial charge in [0, 0.05) is 17.6 Å². The third-order valence-electron chi connectivity index (χ3n) is 4.92. The largest absolute Gasteiger partial charge is 0.497 e. The van der Waals surface area contributed by atoms with Crippen molar-refractivity contribution in [3.05, 3.63) is 52.5 Å². The molecule has 2 aromatic carbocycles. The highest BCUT2D eigenvalue weighted by Gasteiger charge is 2.21. The van der Waals surface area contributed by atoms with E-state index in [1.54, 1.807) is 18.4 Å². The molecule has 3 rings (SSSR count). The Morgan fingerprint density at radius 2 is 1.80 bits per heavy atom. The molecule has 5 nitrogen and oxygen atoms in total. The van der Waals surface area contributed by atoms with Crippen LogP contribution in [0.15, 0.2) is 46.9 Å². The zero-order chi connectivity index (χ0) is 20.8. The predicted octanol–water partition coefficient (Wildman–Crippen LogP) is 5.41. The number of amides is 1. The van der Waals surface area contributed by atoms with Crippen LogP contribution in [0.25, 0.3) is 10.2 Å². The number of anilines is 1. The lowest BCUT2D eigenvalue weighted by Gasteiger charge is -2.24. The lowest BCUT2D eigenvalue weighted by Crippen LogP contribution is -2.39. The molecule has 0 unspecified atom stereocenters.